The van der Waals surface area contributed by atoms with Gasteiger partial charge in [-0.25, -0.2) is 4.39 Å². The van der Waals surface area contributed by atoms with Crippen molar-refractivity contribution in [2.75, 3.05) is 18.5 Å². The molecule has 0 saturated heterocycles. The predicted octanol–water partition coefficient (Wildman–Crippen LogP) is 4.83. The van der Waals surface area contributed by atoms with Gasteiger partial charge in [0.15, 0.2) is 11.5 Å². The van der Waals surface area contributed by atoms with Crippen LogP contribution >= 0.6 is 0 Å². The number of benzene rings is 2. The molecule has 3 N–H and O–H groups in total. The standard InChI is InChI=1S/C29H33F3N2O6/c1-16(2)38-14-19(36)13-34-22-12-20(30)21(9-17(22)10-25(34)27(3,4)15-35)33-26(37)28(7-8-28)18-5-6-23-24(11-18)40-29(31,32)39-23/h5-6,9-12,16,19,35-36H,7-8,13-15H2,1-4H3,(H,33,37)/t19-/m1/s1. The molecule has 8 nitrogen and oxygen atoms in total. The SMILES string of the molecule is CC(C)OC[C@H](O)Cn1c(C(C)(C)CO)cc2cc(NC(=O)C3(c4ccc5c(c4)OC(F)(F)O5)CC3)c(F)cc21. The first-order valence-electron chi connectivity index (χ1n) is 13.2. The first kappa shape index (κ1) is 28.3. The van der Waals surface area contributed by atoms with Crippen molar-refractivity contribution in [3.8, 4) is 11.5 Å². The molecule has 2 heterocycles. The first-order valence-corrected chi connectivity index (χ1v) is 13.2. The second kappa shape index (κ2) is 9.97. The van der Waals surface area contributed by atoms with Gasteiger partial charge in [-0.3, -0.25) is 4.79 Å². The van der Waals surface area contributed by atoms with E-state index >= 15 is 4.39 Å². The lowest BCUT2D eigenvalue weighted by Crippen LogP contribution is -2.30. The van der Waals surface area contributed by atoms with Crippen molar-refractivity contribution < 1.29 is 42.4 Å². The molecule has 3 aromatic rings. The van der Waals surface area contributed by atoms with Crippen molar-refractivity contribution in [1.29, 1.82) is 0 Å². The fourth-order valence-electron chi connectivity index (χ4n) is 5.05. The Balaban J connectivity index is 1.43. The zero-order valence-electron chi connectivity index (χ0n) is 22.8. The number of aliphatic hydroxyl groups excluding tert-OH is 2. The summed E-state index contributed by atoms with van der Waals surface area (Å²) in [4.78, 5) is 13.4. The summed E-state index contributed by atoms with van der Waals surface area (Å²) in [6.45, 7) is 7.43. The largest absolute Gasteiger partial charge is 0.586 e. The summed E-state index contributed by atoms with van der Waals surface area (Å²) in [5.41, 5.74) is -0.0896. The monoisotopic (exact) mass is 562 g/mol. The molecule has 5 rings (SSSR count). The minimum Gasteiger partial charge on any atom is -0.395 e. The number of aliphatic hydroxyl groups is 2. The van der Waals surface area contributed by atoms with Crippen LogP contribution in [0.15, 0.2) is 36.4 Å². The summed E-state index contributed by atoms with van der Waals surface area (Å²) >= 11 is 0. The highest BCUT2D eigenvalue weighted by Gasteiger charge is 2.53. The summed E-state index contributed by atoms with van der Waals surface area (Å²) in [7, 11) is 0. The number of alkyl halides is 2. The lowest BCUT2D eigenvalue weighted by Gasteiger charge is -2.26. The molecule has 40 heavy (non-hydrogen) atoms. The van der Waals surface area contributed by atoms with Crippen molar-refractivity contribution in [2.24, 2.45) is 0 Å². The average Bonchev–Trinajstić information content (AvgIpc) is 3.54. The Morgan fingerprint density at radius 3 is 2.50 bits per heavy atom. The van der Waals surface area contributed by atoms with Crippen LogP contribution in [0.1, 0.15) is 51.8 Å². The van der Waals surface area contributed by atoms with E-state index in [2.05, 4.69) is 14.8 Å². The van der Waals surface area contributed by atoms with Crippen LogP contribution in [0, 0.1) is 5.82 Å². The van der Waals surface area contributed by atoms with Crippen molar-refractivity contribution >= 4 is 22.5 Å². The number of rotatable bonds is 10. The van der Waals surface area contributed by atoms with Gasteiger partial charge in [0.2, 0.25) is 5.91 Å². The highest BCUT2D eigenvalue weighted by Crippen LogP contribution is 2.52. The number of nitrogens with zero attached hydrogens (tertiary/aromatic N) is 1. The number of hydrogen-bond donors (Lipinski definition) is 3. The third kappa shape index (κ3) is 5.25. The van der Waals surface area contributed by atoms with E-state index in [1.54, 1.807) is 4.57 Å². The number of halogens is 3. The molecule has 216 valence electrons. The summed E-state index contributed by atoms with van der Waals surface area (Å²) in [6, 6.07) is 8.85. The number of amides is 1. The molecule has 1 amide bonds. The van der Waals surface area contributed by atoms with Crippen molar-refractivity contribution in [3.05, 3.63) is 53.5 Å². The summed E-state index contributed by atoms with van der Waals surface area (Å²) in [5.74, 6) is -1.42. The maximum Gasteiger partial charge on any atom is 0.586 e. The highest BCUT2D eigenvalue weighted by atomic mass is 19.3. The van der Waals surface area contributed by atoms with Crippen LogP contribution in [0.5, 0.6) is 11.5 Å². The Labute approximate surface area is 229 Å². The first-order chi connectivity index (χ1) is 18.7. The van der Waals surface area contributed by atoms with Gasteiger partial charge in [-0.05, 0) is 56.5 Å². The van der Waals surface area contributed by atoms with E-state index in [0.29, 0.717) is 35.0 Å². The zero-order valence-corrected chi connectivity index (χ0v) is 22.8. The molecule has 0 radical (unpaired) electrons. The van der Waals surface area contributed by atoms with Gasteiger partial charge in [-0.2, -0.15) is 0 Å². The minimum atomic E-state index is -3.77. The summed E-state index contributed by atoms with van der Waals surface area (Å²) < 4.78 is 58.6. The molecule has 2 aromatic carbocycles. The van der Waals surface area contributed by atoms with E-state index in [9.17, 15) is 23.8 Å². The Kier molecular flexibility index (Phi) is 7.04. The fourth-order valence-corrected chi connectivity index (χ4v) is 5.05. The number of anilines is 1. The molecule has 1 atom stereocenters. The topological polar surface area (TPSA) is 102 Å². The van der Waals surface area contributed by atoms with Crippen LogP contribution in [0.25, 0.3) is 10.9 Å². The van der Waals surface area contributed by atoms with Gasteiger partial charge in [-0.15, -0.1) is 8.78 Å². The number of fused-ring (bicyclic) bond motifs is 2. The molecule has 11 heteroatoms. The zero-order chi connectivity index (χ0) is 29.0. The van der Waals surface area contributed by atoms with Crippen LogP contribution in [-0.2, 0) is 26.9 Å². The quantitative estimate of drug-likeness (QED) is 0.327. The van der Waals surface area contributed by atoms with Gasteiger partial charge < -0.3 is 34.3 Å². The lowest BCUT2D eigenvalue weighted by atomic mass is 9.90. The maximum atomic E-state index is 15.4. The third-order valence-corrected chi connectivity index (χ3v) is 7.48. The van der Waals surface area contributed by atoms with E-state index in [0.717, 1.165) is 0 Å². The van der Waals surface area contributed by atoms with Gasteiger partial charge in [0.25, 0.3) is 0 Å². The normalized spacial score (nSPS) is 17.9. The van der Waals surface area contributed by atoms with Crippen LogP contribution in [0.2, 0.25) is 0 Å². The molecule has 0 bridgehead atoms. The number of aromatic nitrogens is 1. The number of carbonyl (C=O) groups excluding carboxylic acids is 1. The molecule has 1 saturated carbocycles. The second-order valence-electron chi connectivity index (χ2n) is 11.5. The van der Waals surface area contributed by atoms with Gasteiger partial charge in [-0.1, -0.05) is 19.9 Å². The number of nitrogens with one attached hydrogen (secondary N) is 1. The molecular weight excluding hydrogens is 529 g/mol. The van der Waals surface area contributed by atoms with Gasteiger partial charge in [0, 0.05) is 22.6 Å². The summed E-state index contributed by atoms with van der Waals surface area (Å²) in [6.07, 6.45) is -3.79. The van der Waals surface area contributed by atoms with Crippen LogP contribution in [0.3, 0.4) is 0 Å². The minimum absolute atomic E-state index is 0.0368. The predicted molar refractivity (Wildman–Crippen MR) is 141 cm³/mol. The molecular formula is C29H33F3N2O6. The van der Waals surface area contributed by atoms with E-state index in [1.165, 1.54) is 30.3 Å². The Morgan fingerprint density at radius 1 is 1.15 bits per heavy atom. The number of hydrogen-bond acceptors (Lipinski definition) is 6. The van der Waals surface area contributed by atoms with Gasteiger partial charge in [0.05, 0.1) is 48.6 Å². The molecule has 0 unspecified atom stereocenters. The van der Waals surface area contributed by atoms with Crippen LogP contribution < -0.4 is 14.8 Å². The van der Waals surface area contributed by atoms with Crippen LogP contribution in [0.4, 0.5) is 18.9 Å². The molecule has 0 spiro atoms. The summed E-state index contributed by atoms with van der Waals surface area (Å²) in [5, 5.41) is 23.9. The molecule has 1 aliphatic carbocycles. The van der Waals surface area contributed by atoms with E-state index in [1.807, 2.05) is 33.8 Å². The van der Waals surface area contributed by atoms with E-state index < -0.39 is 35.0 Å². The second-order valence-corrected chi connectivity index (χ2v) is 11.5. The van der Waals surface area contributed by atoms with Crippen molar-refractivity contribution in [1.82, 2.24) is 4.57 Å². The van der Waals surface area contributed by atoms with Crippen LogP contribution in [-0.4, -0.2) is 52.4 Å². The maximum absolute atomic E-state index is 15.4. The average molecular weight is 563 g/mol. The Hall–Kier alpha value is -3.28. The molecule has 1 aliphatic heterocycles. The van der Waals surface area contributed by atoms with Crippen molar-refractivity contribution in [3.63, 3.8) is 0 Å². The Bertz CT molecular complexity index is 1450. The smallest absolute Gasteiger partial charge is 0.395 e. The number of ether oxygens (including phenoxy) is 3. The molecule has 1 fully saturated rings. The lowest BCUT2D eigenvalue weighted by molar-refractivity contribution is -0.286. The Morgan fingerprint density at radius 2 is 1.85 bits per heavy atom. The van der Waals surface area contributed by atoms with E-state index in [-0.39, 0.29) is 43.0 Å². The van der Waals surface area contributed by atoms with E-state index in [4.69, 9.17) is 4.74 Å². The number of carbonyl (C=O) groups is 1. The van der Waals surface area contributed by atoms with Crippen molar-refractivity contribution in [2.45, 2.75) is 76.4 Å². The molecule has 1 aromatic heterocycles. The third-order valence-electron chi connectivity index (χ3n) is 7.48. The van der Waals surface area contributed by atoms with Gasteiger partial charge >= 0.3 is 6.29 Å². The highest BCUT2D eigenvalue weighted by molar-refractivity contribution is 6.02. The fraction of sp³-hybridized carbons (Fsp3) is 0.483. The van der Waals surface area contributed by atoms with Gasteiger partial charge in [0.1, 0.15) is 5.82 Å². The molecule has 2 aliphatic rings.